The third-order valence-corrected chi connectivity index (χ3v) is 4.16. The van der Waals surface area contributed by atoms with Crippen LogP contribution in [0.5, 0.6) is 0 Å². The van der Waals surface area contributed by atoms with Crippen LogP contribution >= 0.6 is 0 Å². The summed E-state index contributed by atoms with van der Waals surface area (Å²) in [6.45, 7) is 4.37. The minimum atomic E-state index is -0.1000. The van der Waals surface area contributed by atoms with Crippen molar-refractivity contribution in [3.05, 3.63) is 0 Å². The molecule has 1 aliphatic carbocycles. The van der Waals surface area contributed by atoms with Crippen LogP contribution in [-0.2, 0) is 4.79 Å². The molecule has 3 unspecified atom stereocenters. The normalized spacial score (nSPS) is 33.4. The van der Waals surface area contributed by atoms with E-state index in [-0.39, 0.29) is 11.9 Å². The number of nitrogens with one attached hydrogen (secondary N) is 1. The minimum Gasteiger partial charge on any atom is -0.312 e. The SMILES string of the molecule is CCCC1N=C(C2CCCC(CC)C2)NC1=O. The summed E-state index contributed by atoms with van der Waals surface area (Å²) in [5, 5.41) is 3.01. The van der Waals surface area contributed by atoms with E-state index in [1.165, 1.54) is 32.1 Å². The first-order chi connectivity index (χ1) is 8.24. The fourth-order valence-electron chi connectivity index (χ4n) is 3.06. The number of rotatable bonds is 4. The Bertz CT molecular complexity index is 311. The number of carbonyl (C=O) groups excluding carboxylic acids is 1. The van der Waals surface area contributed by atoms with Crippen molar-refractivity contribution in [2.45, 2.75) is 64.8 Å². The van der Waals surface area contributed by atoms with E-state index >= 15 is 0 Å². The van der Waals surface area contributed by atoms with Gasteiger partial charge in [0.25, 0.3) is 0 Å². The van der Waals surface area contributed by atoms with Crippen molar-refractivity contribution in [2.24, 2.45) is 16.8 Å². The zero-order valence-electron chi connectivity index (χ0n) is 11.0. The molecule has 3 nitrogen and oxygen atoms in total. The molecule has 3 heteroatoms. The lowest BCUT2D eigenvalue weighted by molar-refractivity contribution is -0.120. The van der Waals surface area contributed by atoms with Gasteiger partial charge in [-0.25, -0.2) is 0 Å². The van der Waals surface area contributed by atoms with Crippen molar-refractivity contribution in [1.82, 2.24) is 5.32 Å². The van der Waals surface area contributed by atoms with E-state index in [2.05, 4.69) is 24.2 Å². The lowest BCUT2D eigenvalue weighted by Gasteiger charge is -2.28. The van der Waals surface area contributed by atoms with Crippen molar-refractivity contribution >= 4 is 11.7 Å². The first-order valence-electron chi connectivity index (χ1n) is 7.13. The van der Waals surface area contributed by atoms with Gasteiger partial charge < -0.3 is 5.32 Å². The summed E-state index contributed by atoms with van der Waals surface area (Å²) in [5.74, 6) is 2.46. The van der Waals surface area contributed by atoms with Gasteiger partial charge in [0, 0.05) is 5.92 Å². The third-order valence-electron chi connectivity index (χ3n) is 4.16. The maximum absolute atomic E-state index is 11.7. The molecule has 2 rings (SSSR count). The van der Waals surface area contributed by atoms with Crippen molar-refractivity contribution in [3.63, 3.8) is 0 Å². The van der Waals surface area contributed by atoms with E-state index < -0.39 is 0 Å². The number of aliphatic imine (C=N–C) groups is 1. The molecule has 0 radical (unpaired) electrons. The Labute approximate surface area is 104 Å². The highest BCUT2D eigenvalue weighted by Crippen LogP contribution is 2.32. The highest BCUT2D eigenvalue weighted by molar-refractivity contribution is 6.06. The second-order valence-electron chi connectivity index (χ2n) is 5.45. The Hall–Kier alpha value is -0.860. The van der Waals surface area contributed by atoms with Crippen LogP contribution in [0.15, 0.2) is 4.99 Å². The molecule has 1 saturated carbocycles. The number of nitrogens with zero attached hydrogens (tertiary/aromatic N) is 1. The molecule has 1 heterocycles. The second-order valence-corrected chi connectivity index (χ2v) is 5.45. The van der Waals surface area contributed by atoms with Gasteiger partial charge in [-0.2, -0.15) is 0 Å². The maximum Gasteiger partial charge on any atom is 0.250 e. The van der Waals surface area contributed by atoms with E-state index in [0.29, 0.717) is 5.92 Å². The van der Waals surface area contributed by atoms with Crippen LogP contribution in [0, 0.1) is 11.8 Å². The molecule has 0 aromatic heterocycles. The Morgan fingerprint density at radius 3 is 2.88 bits per heavy atom. The fraction of sp³-hybridized carbons (Fsp3) is 0.857. The van der Waals surface area contributed by atoms with Gasteiger partial charge in [0.15, 0.2) is 0 Å². The Morgan fingerprint density at radius 1 is 1.35 bits per heavy atom. The number of hydrogen-bond acceptors (Lipinski definition) is 2. The van der Waals surface area contributed by atoms with Crippen molar-refractivity contribution < 1.29 is 4.79 Å². The quantitative estimate of drug-likeness (QED) is 0.801. The molecule has 2 aliphatic rings. The van der Waals surface area contributed by atoms with Gasteiger partial charge in [0.1, 0.15) is 11.9 Å². The molecule has 0 saturated heterocycles. The molecule has 0 bridgehead atoms. The van der Waals surface area contributed by atoms with E-state index in [4.69, 9.17) is 0 Å². The molecule has 0 aromatic carbocycles. The van der Waals surface area contributed by atoms with E-state index in [1.54, 1.807) is 0 Å². The highest BCUT2D eigenvalue weighted by atomic mass is 16.2. The number of hydrogen-bond donors (Lipinski definition) is 1. The topological polar surface area (TPSA) is 41.5 Å². The Kier molecular flexibility index (Phi) is 4.19. The van der Waals surface area contributed by atoms with Crippen molar-refractivity contribution in [3.8, 4) is 0 Å². The first-order valence-corrected chi connectivity index (χ1v) is 7.13. The molecule has 1 aliphatic heterocycles. The molecule has 96 valence electrons. The van der Waals surface area contributed by atoms with Crippen LogP contribution in [0.4, 0.5) is 0 Å². The molecule has 1 N–H and O–H groups in total. The molecule has 0 aromatic rings. The zero-order valence-corrected chi connectivity index (χ0v) is 11.0. The average Bonchev–Trinajstić information content (AvgIpc) is 2.72. The van der Waals surface area contributed by atoms with Crippen molar-refractivity contribution in [2.75, 3.05) is 0 Å². The van der Waals surface area contributed by atoms with Crippen LogP contribution in [0.1, 0.15) is 58.8 Å². The lowest BCUT2D eigenvalue weighted by Crippen LogP contribution is -2.34. The van der Waals surface area contributed by atoms with Gasteiger partial charge in [-0.05, 0) is 25.2 Å². The van der Waals surface area contributed by atoms with E-state index in [9.17, 15) is 4.79 Å². The van der Waals surface area contributed by atoms with E-state index in [1.807, 2.05) is 0 Å². The van der Waals surface area contributed by atoms with Crippen LogP contribution in [0.25, 0.3) is 0 Å². The number of carbonyl (C=O) groups is 1. The van der Waals surface area contributed by atoms with Gasteiger partial charge in [-0.15, -0.1) is 0 Å². The Morgan fingerprint density at radius 2 is 2.18 bits per heavy atom. The van der Waals surface area contributed by atoms with Gasteiger partial charge in [-0.3, -0.25) is 9.79 Å². The summed E-state index contributed by atoms with van der Waals surface area (Å²) in [7, 11) is 0. The van der Waals surface area contributed by atoms with Gasteiger partial charge in [0.2, 0.25) is 5.91 Å². The number of amides is 1. The van der Waals surface area contributed by atoms with Crippen LogP contribution in [-0.4, -0.2) is 17.8 Å². The van der Waals surface area contributed by atoms with Crippen molar-refractivity contribution in [1.29, 1.82) is 0 Å². The molecule has 17 heavy (non-hydrogen) atoms. The molecular formula is C14H24N2O. The lowest BCUT2D eigenvalue weighted by atomic mass is 9.79. The molecule has 1 fully saturated rings. The van der Waals surface area contributed by atoms with Crippen LogP contribution < -0.4 is 5.32 Å². The highest BCUT2D eigenvalue weighted by Gasteiger charge is 2.32. The predicted octanol–water partition coefficient (Wildman–Crippen LogP) is 2.90. The molecule has 0 spiro atoms. The monoisotopic (exact) mass is 236 g/mol. The number of amidine groups is 1. The Balaban J connectivity index is 1.98. The van der Waals surface area contributed by atoms with Crippen LogP contribution in [0.2, 0.25) is 0 Å². The average molecular weight is 236 g/mol. The summed E-state index contributed by atoms with van der Waals surface area (Å²) >= 11 is 0. The molecule has 1 amide bonds. The summed E-state index contributed by atoms with van der Waals surface area (Å²) in [4.78, 5) is 16.3. The molecule has 3 atom stereocenters. The smallest absolute Gasteiger partial charge is 0.250 e. The summed E-state index contributed by atoms with van der Waals surface area (Å²) in [6, 6.07) is -0.1000. The van der Waals surface area contributed by atoms with Gasteiger partial charge in [-0.1, -0.05) is 39.5 Å². The fourth-order valence-corrected chi connectivity index (χ4v) is 3.06. The zero-order chi connectivity index (χ0) is 12.3. The summed E-state index contributed by atoms with van der Waals surface area (Å²) < 4.78 is 0. The van der Waals surface area contributed by atoms with E-state index in [0.717, 1.165) is 24.6 Å². The first kappa shape index (κ1) is 12.6. The molecular weight excluding hydrogens is 212 g/mol. The minimum absolute atomic E-state index is 0.1000. The maximum atomic E-state index is 11.7. The second kappa shape index (κ2) is 5.65. The predicted molar refractivity (Wildman–Crippen MR) is 70.0 cm³/mol. The summed E-state index contributed by atoms with van der Waals surface area (Å²) in [5.41, 5.74) is 0. The standard InChI is InChI=1S/C14H24N2O/c1-3-6-12-14(17)16-13(15-12)11-8-5-7-10(4-2)9-11/h10-12H,3-9H2,1-2H3,(H,15,16,17). The van der Waals surface area contributed by atoms with Gasteiger partial charge >= 0.3 is 0 Å². The largest absolute Gasteiger partial charge is 0.312 e. The van der Waals surface area contributed by atoms with Gasteiger partial charge in [0.05, 0.1) is 0 Å². The third kappa shape index (κ3) is 2.88. The summed E-state index contributed by atoms with van der Waals surface area (Å²) in [6.07, 6.45) is 8.23. The van der Waals surface area contributed by atoms with Crippen LogP contribution in [0.3, 0.4) is 0 Å².